The second-order valence-electron chi connectivity index (χ2n) is 6.89. The van der Waals surface area contributed by atoms with E-state index >= 15 is 0 Å². The van der Waals surface area contributed by atoms with Crippen LogP contribution in [-0.4, -0.2) is 44.4 Å². The molecular weight excluding hydrogens is 372 g/mol. The summed E-state index contributed by atoms with van der Waals surface area (Å²) >= 11 is 0. The Morgan fingerprint density at radius 1 is 1.21 bits per heavy atom. The standard InChI is InChI=1S/C21H24N4O4/c1-27-16-10-14(11-17(12-16)28-2)23-20(26)22-13-15-6-5-9-25(15)21-24-18-7-3-4-8-19(18)29-21/h3-4,7-8,10-12,15H,5-6,9,13H2,1-2H3,(H2,22,23,26). The van der Waals surface area contributed by atoms with Crippen molar-refractivity contribution >= 4 is 28.8 Å². The smallest absolute Gasteiger partial charge is 0.319 e. The SMILES string of the molecule is COc1cc(NC(=O)NCC2CCCN2c2nc3ccccc3o2)cc(OC)c1. The van der Waals surface area contributed by atoms with E-state index in [0.717, 1.165) is 30.5 Å². The first-order valence-electron chi connectivity index (χ1n) is 9.56. The third kappa shape index (κ3) is 4.21. The Labute approximate surface area is 168 Å². The molecule has 0 spiro atoms. The molecule has 2 aromatic carbocycles. The van der Waals surface area contributed by atoms with Crippen molar-refractivity contribution in [1.29, 1.82) is 0 Å². The van der Waals surface area contributed by atoms with Crippen LogP contribution >= 0.6 is 0 Å². The van der Waals surface area contributed by atoms with E-state index in [1.54, 1.807) is 32.4 Å². The zero-order chi connectivity index (χ0) is 20.2. The highest BCUT2D eigenvalue weighted by molar-refractivity contribution is 5.89. The van der Waals surface area contributed by atoms with Crippen LogP contribution in [0.1, 0.15) is 12.8 Å². The van der Waals surface area contributed by atoms with Crippen molar-refractivity contribution in [3.8, 4) is 11.5 Å². The highest BCUT2D eigenvalue weighted by atomic mass is 16.5. The number of carbonyl (C=O) groups is 1. The van der Waals surface area contributed by atoms with Gasteiger partial charge in [0.05, 0.1) is 20.3 Å². The molecular formula is C21H24N4O4. The Hall–Kier alpha value is -3.42. The lowest BCUT2D eigenvalue weighted by Crippen LogP contribution is -2.41. The first kappa shape index (κ1) is 18.9. The molecule has 1 unspecified atom stereocenters. The number of hydrogen-bond donors (Lipinski definition) is 2. The van der Waals surface area contributed by atoms with Gasteiger partial charge in [-0.05, 0) is 25.0 Å². The lowest BCUT2D eigenvalue weighted by atomic mass is 10.2. The molecule has 0 saturated carbocycles. The molecule has 2 heterocycles. The summed E-state index contributed by atoms with van der Waals surface area (Å²) in [7, 11) is 3.14. The predicted octanol–water partition coefficient (Wildman–Crippen LogP) is 3.64. The molecule has 0 radical (unpaired) electrons. The quantitative estimate of drug-likeness (QED) is 0.661. The maximum Gasteiger partial charge on any atom is 0.319 e. The number of benzene rings is 2. The van der Waals surface area contributed by atoms with Gasteiger partial charge in [-0.15, -0.1) is 0 Å². The summed E-state index contributed by atoms with van der Waals surface area (Å²) in [5.41, 5.74) is 2.21. The third-order valence-electron chi connectivity index (χ3n) is 5.01. The molecule has 1 aliphatic rings. The van der Waals surface area contributed by atoms with E-state index in [1.807, 2.05) is 24.3 Å². The van der Waals surface area contributed by atoms with Crippen molar-refractivity contribution in [2.75, 3.05) is 37.5 Å². The molecule has 1 atom stereocenters. The van der Waals surface area contributed by atoms with Crippen molar-refractivity contribution < 1.29 is 18.7 Å². The summed E-state index contributed by atoms with van der Waals surface area (Å²) in [6, 6.07) is 13.4. The summed E-state index contributed by atoms with van der Waals surface area (Å²) in [5, 5.41) is 5.76. The van der Waals surface area contributed by atoms with Crippen LogP contribution in [0, 0.1) is 0 Å². The Morgan fingerprint density at radius 3 is 2.69 bits per heavy atom. The van der Waals surface area contributed by atoms with Crippen LogP contribution in [0.5, 0.6) is 11.5 Å². The predicted molar refractivity (Wildman–Crippen MR) is 111 cm³/mol. The number of aromatic nitrogens is 1. The lowest BCUT2D eigenvalue weighted by Gasteiger charge is -2.23. The van der Waals surface area contributed by atoms with Crippen molar-refractivity contribution in [3.63, 3.8) is 0 Å². The van der Waals surface area contributed by atoms with Crippen molar-refractivity contribution in [1.82, 2.24) is 10.3 Å². The number of amides is 2. The Morgan fingerprint density at radius 2 is 1.97 bits per heavy atom. The van der Waals surface area contributed by atoms with Gasteiger partial charge in [-0.25, -0.2) is 4.79 Å². The molecule has 2 amide bonds. The van der Waals surface area contributed by atoms with Gasteiger partial charge in [0.2, 0.25) is 0 Å². The second kappa shape index (κ2) is 8.30. The molecule has 152 valence electrons. The molecule has 0 bridgehead atoms. The first-order valence-corrected chi connectivity index (χ1v) is 9.56. The lowest BCUT2D eigenvalue weighted by molar-refractivity contribution is 0.251. The summed E-state index contributed by atoms with van der Waals surface area (Å²) in [5.74, 6) is 1.22. The van der Waals surface area contributed by atoms with Crippen LogP contribution in [0.2, 0.25) is 0 Å². The maximum atomic E-state index is 12.4. The molecule has 2 N–H and O–H groups in total. The van der Waals surface area contributed by atoms with Gasteiger partial charge in [0.15, 0.2) is 5.58 Å². The van der Waals surface area contributed by atoms with Gasteiger partial charge < -0.3 is 29.4 Å². The molecule has 3 aromatic rings. The highest BCUT2D eigenvalue weighted by Crippen LogP contribution is 2.28. The number of anilines is 2. The molecule has 29 heavy (non-hydrogen) atoms. The molecule has 8 nitrogen and oxygen atoms in total. The number of hydrogen-bond acceptors (Lipinski definition) is 6. The fraction of sp³-hybridized carbons (Fsp3) is 0.333. The van der Waals surface area contributed by atoms with Gasteiger partial charge >= 0.3 is 6.03 Å². The average molecular weight is 396 g/mol. The van der Waals surface area contributed by atoms with E-state index in [1.165, 1.54) is 0 Å². The van der Waals surface area contributed by atoms with Crippen molar-refractivity contribution in [3.05, 3.63) is 42.5 Å². The average Bonchev–Trinajstić information content (AvgIpc) is 3.38. The molecule has 1 aliphatic heterocycles. The molecule has 1 aromatic heterocycles. The number of rotatable bonds is 6. The largest absolute Gasteiger partial charge is 0.497 e. The number of carbonyl (C=O) groups excluding carboxylic acids is 1. The number of methoxy groups -OCH3 is 2. The monoisotopic (exact) mass is 396 g/mol. The van der Waals surface area contributed by atoms with Crippen LogP contribution < -0.4 is 25.0 Å². The fourth-order valence-corrected chi connectivity index (χ4v) is 3.55. The van der Waals surface area contributed by atoms with E-state index in [-0.39, 0.29) is 12.1 Å². The van der Waals surface area contributed by atoms with Crippen LogP contribution in [0.4, 0.5) is 16.5 Å². The van der Waals surface area contributed by atoms with Gasteiger partial charge in [0, 0.05) is 37.0 Å². The normalized spacial score (nSPS) is 16.1. The van der Waals surface area contributed by atoms with Crippen LogP contribution in [0.3, 0.4) is 0 Å². The minimum Gasteiger partial charge on any atom is -0.497 e. The summed E-state index contributed by atoms with van der Waals surface area (Å²) in [6.07, 6.45) is 1.99. The van der Waals surface area contributed by atoms with E-state index in [0.29, 0.717) is 29.7 Å². The van der Waals surface area contributed by atoms with E-state index in [2.05, 4.69) is 20.5 Å². The number of para-hydroxylation sites is 2. The summed E-state index contributed by atoms with van der Waals surface area (Å²) in [6.45, 7) is 1.35. The minimum atomic E-state index is -0.287. The zero-order valence-electron chi connectivity index (χ0n) is 16.5. The van der Waals surface area contributed by atoms with Gasteiger partial charge in [-0.2, -0.15) is 4.98 Å². The van der Waals surface area contributed by atoms with E-state index < -0.39 is 0 Å². The summed E-state index contributed by atoms with van der Waals surface area (Å²) < 4.78 is 16.4. The fourth-order valence-electron chi connectivity index (χ4n) is 3.55. The molecule has 1 saturated heterocycles. The van der Waals surface area contributed by atoms with Crippen molar-refractivity contribution in [2.45, 2.75) is 18.9 Å². The van der Waals surface area contributed by atoms with Crippen molar-refractivity contribution in [2.24, 2.45) is 0 Å². The number of oxazole rings is 1. The number of urea groups is 1. The van der Waals surface area contributed by atoms with Crippen LogP contribution in [0.25, 0.3) is 11.1 Å². The third-order valence-corrected chi connectivity index (χ3v) is 5.01. The molecule has 8 heteroatoms. The molecule has 1 fully saturated rings. The second-order valence-corrected chi connectivity index (χ2v) is 6.89. The maximum absolute atomic E-state index is 12.4. The minimum absolute atomic E-state index is 0.133. The Balaban J connectivity index is 1.38. The Kier molecular flexibility index (Phi) is 5.41. The van der Waals surface area contributed by atoms with Gasteiger partial charge in [0.1, 0.15) is 17.0 Å². The highest BCUT2D eigenvalue weighted by Gasteiger charge is 2.28. The van der Waals surface area contributed by atoms with Gasteiger partial charge in [0.25, 0.3) is 6.01 Å². The van der Waals surface area contributed by atoms with Gasteiger partial charge in [-0.3, -0.25) is 0 Å². The topological polar surface area (TPSA) is 88.9 Å². The number of nitrogens with one attached hydrogen (secondary N) is 2. The van der Waals surface area contributed by atoms with Gasteiger partial charge in [-0.1, -0.05) is 12.1 Å². The first-order chi connectivity index (χ1) is 14.2. The number of fused-ring (bicyclic) bond motifs is 1. The molecule has 4 rings (SSSR count). The van der Waals surface area contributed by atoms with Crippen LogP contribution in [-0.2, 0) is 0 Å². The number of nitrogens with zero attached hydrogens (tertiary/aromatic N) is 2. The summed E-state index contributed by atoms with van der Waals surface area (Å²) in [4.78, 5) is 19.1. The number of ether oxygens (including phenoxy) is 2. The van der Waals surface area contributed by atoms with Crippen LogP contribution in [0.15, 0.2) is 46.9 Å². The van der Waals surface area contributed by atoms with E-state index in [9.17, 15) is 4.79 Å². The Bertz CT molecular complexity index is 948. The zero-order valence-corrected chi connectivity index (χ0v) is 16.5. The van der Waals surface area contributed by atoms with E-state index in [4.69, 9.17) is 13.9 Å². The molecule has 0 aliphatic carbocycles.